The van der Waals surface area contributed by atoms with Crippen LogP contribution in [-0.4, -0.2) is 44.4 Å². The Hall–Kier alpha value is -2.55. The molecule has 9 heteroatoms. The van der Waals surface area contributed by atoms with Gasteiger partial charge in [-0.15, -0.1) is 0 Å². The zero-order valence-corrected chi connectivity index (χ0v) is 23.9. The summed E-state index contributed by atoms with van der Waals surface area (Å²) in [6.07, 6.45) is 7.04. The van der Waals surface area contributed by atoms with Crippen LogP contribution in [0.4, 0.5) is 5.69 Å². The number of halogens is 1. The van der Waals surface area contributed by atoms with E-state index in [0.717, 1.165) is 62.0 Å². The maximum atomic E-state index is 13.1. The van der Waals surface area contributed by atoms with Crippen molar-refractivity contribution < 1.29 is 23.1 Å². The van der Waals surface area contributed by atoms with E-state index in [1.807, 2.05) is 31.2 Å². The fourth-order valence-corrected chi connectivity index (χ4v) is 7.15. The van der Waals surface area contributed by atoms with Crippen LogP contribution >= 0.6 is 11.6 Å². The van der Waals surface area contributed by atoms with Gasteiger partial charge >= 0.3 is 0 Å². The molecule has 0 saturated heterocycles. The molecule has 1 saturated carbocycles. The summed E-state index contributed by atoms with van der Waals surface area (Å²) in [7, 11) is -3.80. The number of nitrogens with one attached hydrogen (secondary N) is 1. The summed E-state index contributed by atoms with van der Waals surface area (Å²) in [6, 6.07) is 11.0. The Bertz CT molecular complexity index is 1360. The van der Waals surface area contributed by atoms with Gasteiger partial charge in [0.15, 0.2) is 0 Å². The van der Waals surface area contributed by atoms with Gasteiger partial charge in [-0.1, -0.05) is 29.3 Å². The number of carbonyl (C=O) groups is 1. The Kier molecular flexibility index (Phi) is 8.55. The molecule has 5 rings (SSSR count). The summed E-state index contributed by atoms with van der Waals surface area (Å²) in [5.74, 6) is 0.310. The number of benzene rings is 2. The predicted molar refractivity (Wildman–Crippen MR) is 154 cm³/mol. The van der Waals surface area contributed by atoms with Crippen LogP contribution < -0.4 is 14.4 Å². The molecule has 2 aliphatic heterocycles. The van der Waals surface area contributed by atoms with Crippen LogP contribution in [0, 0.1) is 11.8 Å². The number of amides is 1. The maximum Gasteiger partial charge on any atom is 0.264 e. The van der Waals surface area contributed by atoms with Crippen molar-refractivity contribution in [2.75, 3.05) is 23.7 Å². The van der Waals surface area contributed by atoms with E-state index in [1.165, 1.54) is 5.56 Å². The lowest BCUT2D eigenvalue weighted by Gasteiger charge is -2.42. The van der Waals surface area contributed by atoms with E-state index in [0.29, 0.717) is 36.1 Å². The molecule has 0 radical (unpaired) electrons. The average Bonchev–Trinajstić information content (AvgIpc) is 2.88. The summed E-state index contributed by atoms with van der Waals surface area (Å²) in [4.78, 5) is 15.3. The van der Waals surface area contributed by atoms with Crippen LogP contribution in [0.3, 0.4) is 0 Å². The van der Waals surface area contributed by atoms with Gasteiger partial charge in [-0.25, -0.2) is 13.1 Å². The summed E-state index contributed by atoms with van der Waals surface area (Å²) >= 11 is 6.28. The molecule has 1 fully saturated rings. The van der Waals surface area contributed by atoms with E-state index in [-0.39, 0.29) is 17.2 Å². The van der Waals surface area contributed by atoms with Gasteiger partial charge in [0.2, 0.25) is 10.0 Å². The fourth-order valence-electron chi connectivity index (χ4n) is 5.92. The minimum Gasteiger partial charge on any atom is -0.487 e. The minimum absolute atomic E-state index is 0.150. The number of nitrogens with zero attached hydrogens (tertiary/aromatic N) is 1. The van der Waals surface area contributed by atoms with Gasteiger partial charge in [0.1, 0.15) is 12.4 Å². The molecule has 2 N–H and O–H groups in total. The second kappa shape index (κ2) is 11.9. The van der Waals surface area contributed by atoms with Crippen molar-refractivity contribution in [3.63, 3.8) is 0 Å². The van der Waals surface area contributed by atoms with E-state index in [4.69, 9.17) is 16.3 Å². The number of aryl methyl sites for hydroxylation is 1. The number of aliphatic hydroxyl groups excluding tert-OH is 1. The molecule has 39 heavy (non-hydrogen) atoms. The van der Waals surface area contributed by atoms with Crippen LogP contribution in [0.2, 0.25) is 5.02 Å². The Morgan fingerprint density at radius 3 is 2.69 bits per heavy atom. The number of aliphatic hydroxyl groups is 1. The summed E-state index contributed by atoms with van der Waals surface area (Å²) in [5.41, 5.74) is 4.27. The van der Waals surface area contributed by atoms with Crippen LogP contribution in [-0.2, 0) is 23.1 Å². The summed E-state index contributed by atoms with van der Waals surface area (Å²) in [5, 5.41) is 11.7. The number of hydrogen-bond donors (Lipinski definition) is 2. The number of allylic oxidation sites excluding steroid dienone is 1. The number of sulfonamides is 1. The topological polar surface area (TPSA) is 95.9 Å². The molecule has 1 amide bonds. The number of carbonyl (C=O) groups excluding carboxylic acids is 1. The van der Waals surface area contributed by atoms with Crippen LogP contribution in [0.5, 0.6) is 5.75 Å². The third kappa shape index (κ3) is 6.79. The van der Waals surface area contributed by atoms with Crippen LogP contribution in [0.1, 0.15) is 66.9 Å². The van der Waals surface area contributed by atoms with Crippen molar-refractivity contribution in [3.8, 4) is 5.75 Å². The fraction of sp³-hybridized carbons (Fsp3) is 0.500. The second-order valence-electron chi connectivity index (χ2n) is 11.1. The number of anilines is 1. The van der Waals surface area contributed by atoms with Crippen LogP contribution in [0.25, 0.3) is 0 Å². The molecule has 0 unspecified atom stereocenters. The van der Waals surface area contributed by atoms with E-state index in [2.05, 4.69) is 9.62 Å². The molecule has 0 aromatic heterocycles. The number of ether oxygens (including phenoxy) is 1. The first-order valence-electron chi connectivity index (χ1n) is 13.9. The first-order chi connectivity index (χ1) is 18.7. The zero-order chi connectivity index (χ0) is 27.6. The Balaban J connectivity index is 1.52. The second-order valence-corrected chi connectivity index (χ2v) is 13.4. The first kappa shape index (κ1) is 28.0. The van der Waals surface area contributed by atoms with Gasteiger partial charge in [0.05, 0.1) is 17.5 Å². The van der Waals surface area contributed by atoms with Crippen molar-refractivity contribution in [1.29, 1.82) is 0 Å². The number of rotatable bonds is 0. The minimum atomic E-state index is -3.80. The maximum absolute atomic E-state index is 13.1. The third-order valence-corrected chi connectivity index (χ3v) is 9.85. The molecule has 2 heterocycles. The lowest BCUT2D eigenvalue weighted by Crippen LogP contribution is -2.43. The standard InChI is InChI=1S/C30H37ClN2O5S/c1-20-5-4-14-39(36,37)32-30(35)22-9-12-29-27(17-22)33(18-23-8-11-26(23)28(34)15-20)13-3-2-6-21-16-25(31)10-7-24(21)19-38-29/h7,9-10,12,15-17,23,26,28,34H,2-6,8,11,13-14,18-19H2,1H3,(H,32,35)/t23-,26+,28+/m0/s1. The lowest BCUT2D eigenvalue weighted by molar-refractivity contribution is 0.0457. The van der Waals surface area contributed by atoms with E-state index in [9.17, 15) is 18.3 Å². The van der Waals surface area contributed by atoms with Crippen molar-refractivity contribution in [2.45, 2.75) is 64.6 Å². The highest BCUT2D eigenvalue weighted by Crippen LogP contribution is 2.41. The third-order valence-electron chi connectivity index (χ3n) is 8.29. The van der Waals surface area contributed by atoms with Crippen molar-refractivity contribution in [3.05, 3.63) is 69.8 Å². The highest BCUT2D eigenvalue weighted by atomic mass is 35.5. The molecular formula is C30H37ClN2O5S. The first-order valence-corrected chi connectivity index (χ1v) is 15.9. The van der Waals surface area contributed by atoms with Crippen molar-refractivity contribution in [2.24, 2.45) is 11.8 Å². The summed E-state index contributed by atoms with van der Waals surface area (Å²) in [6.45, 7) is 3.78. The molecule has 1 aliphatic carbocycles. The lowest BCUT2D eigenvalue weighted by atomic mass is 9.70. The Morgan fingerprint density at radius 2 is 1.90 bits per heavy atom. The zero-order valence-electron chi connectivity index (χ0n) is 22.4. The SMILES string of the molecule is CC1=C[C@@H](O)[C@@H]2CC[C@H]2CN2CCCCc3cc(Cl)ccc3COc3ccc(cc32)C(=O)NS(=O)(=O)CCC1. The van der Waals surface area contributed by atoms with Gasteiger partial charge in [0.25, 0.3) is 5.91 Å². The van der Waals surface area contributed by atoms with Crippen molar-refractivity contribution >= 4 is 33.2 Å². The molecule has 210 valence electrons. The largest absolute Gasteiger partial charge is 0.487 e. The quantitative estimate of drug-likeness (QED) is 0.419. The van der Waals surface area contributed by atoms with Crippen molar-refractivity contribution in [1.82, 2.24) is 4.72 Å². The van der Waals surface area contributed by atoms with Gasteiger partial charge in [-0.2, -0.15) is 0 Å². The van der Waals surface area contributed by atoms with E-state index >= 15 is 0 Å². The molecule has 3 aliphatic rings. The van der Waals surface area contributed by atoms with E-state index in [1.54, 1.807) is 18.2 Å². The molecule has 2 aromatic carbocycles. The van der Waals surface area contributed by atoms with Gasteiger partial charge in [0, 0.05) is 23.7 Å². The van der Waals surface area contributed by atoms with Gasteiger partial charge in [-0.3, -0.25) is 4.79 Å². The van der Waals surface area contributed by atoms with Crippen LogP contribution in [0.15, 0.2) is 48.0 Å². The summed E-state index contributed by atoms with van der Waals surface area (Å²) < 4.78 is 33.9. The van der Waals surface area contributed by atoms with Gasteiger partial charge < -0.3 is 14.7 Å². The smallest absolute Gasteiger partial charge is 0.264 e. The Labute approximate surface area is 236 Å². The molecule has 2 bridgehead atoms. The molecule has 2 aromatic rings. The molecule has 0 spiro atoms. The predicted octanol–water partition coefficient (Wildman–Crippen LogP) is 5.25. The average molecular weight is 573 g/mol. The van der Waals surface area contributed by atoms with E-state index < -0.39 is 22.0 Å². The molecule has 7 nitrogen and oxygen atoms in total. The number of fused-ring (bicyclic) bond motifs is 3. The normalized spacial score (nSPS) is 25.9. The number of hydrogen-bond acceptors (Lipinski definition) is 6. The highest BCUT2D eigenvalue weighted by Gasteiger charge is 2.37. The highest BCUT2D eigenvalue weighted by molar-refractivity contribution is 7.90. The molecule has 3 atom stereocenters. The van der Waals surface area contributed by atoms with Gasteiger partial charge in [-0.05, 0) is 105 Å². The molecular weight excluding hydrogens is 536 g/mol. The monoisotopic (exact) mass is 572 g/mol. The Morgan fingerprint density at radius 1 is 1.05 bits per heavy atom.